The molecule has 0 bridgehead atoms. The van der Waals surface area contributed by atoms with E-state index in [0.717, 1.165) is 5.56 Å². The van der Waals surface area contributed by atoms with E-state index in [-0.39, 0.29) is 5.56 Å². The lowest BCUT2D eigenvalue weighted by atomic mass is 10.0. The molecule has 2 aromatic heterocycles. The number of nitrogen functional groups attached to an aromatic ring is 1. The molecule has 2 heterocycles. The Morgan fingerprint density at radius 3 is 2.62 bits per heavy atom. The summed E-state index contributed by atoms with van der Waals surface area (Å²) in [5.74, 6) is 1.01. The highest BCUT2D eigenvalue weighted by atomic mass is 16.5. The predicted octanol–water partition coefficient (Wildman–Crippen LogP) is 1.42. The maximum Gasteiger partial charge on any atom is 0.264 e. The van der Waals surface area contributed by atoms with Crippen molar-refractivity contribution >= 4 is 5.82 Å². The van der Waals surface area contributed by atoms with Gasteiger partial charge in [0.15, 0.2) is 5.82 Å². The Labute approximate surface area is 119 Å². The number of ether oxygens (including phenoxy) is 1. The standard InChI is InChI=1S/C14H13N5O2/c1-21-10-5-3-2-4-8(10)12-13(18-19-14(12)15)9-6-7-11(20)17-16-9/h2-7H,1H3,(H,17,20)(H3,15,18,19). The monoisotopic (exact) mass is 283 g/mol. The number of hydrogen-bond acceptors (Lipinski definition) is 5. The first-order valence-electron chi connectivity index (χ1n) is 6.24. The summed E-state index contributed by atoms with van der Waals surface area (Å²) >= 11 is 0. The Morgan fingerprint density at radius 2 is 1.90 bits per heavy atom. The zero-order valence-electron chi connectivity index (χ0n) is 11.3. The van der Waals surface area contributed by atoms with E-state index < -0.39 is 0 Å². The fourth-order valence-corrected chi connectivity index (χ4v) is 2.15. The van der Waals surface area contributed by atoms with Crippen molar-refractivity contribution in [2.45, 2.75) is 0 Å². The first-order chi connectivity index (χ1) is 10.2. The quantitative estimate of drug-likeness (QED) is 0.673. The molecule has 0 saturated heterocycles. The van der Waals surface area contributed by atoms with Gasteiger partial charge in [0.1, 0.15) is 11.4 Å². The van der Waals surface area contributed by atoms with Crippen LogP contribution in [0.15, 0.2) is 41.2 Å². The van der Waals surface area contributed by atoms with Crippen molar-refractivity contribution in [2.24, 2.45) is 0 Å². The van der Waals surface area contributed by atoms with Crippen LogP contribution in [-0.4, -0.2) is 27.5 Å². The molecule has 0 spiro atoms. The van der Waals surface area contributed by atoms with Gasteiger partial charge in [0.05, 0.1) is 18.4 Å². The van der Waals surface area contributed by atoms with Crippen molar-refractivity contribution in [1.82, 2.24) is 20.4 Å². The summed E-state index contributed by atoms with van der Waals surface area (Å²) in [5, 5.41) is 13.3. The second kappa shape index (κ2) is 5.12. The van der Waals surface area contributed by atoms with Crippen LogP contribution in [0.2, 0.25) is 0 Å². The van der Waals surface area contributed by atoms with Gasteiger partial charge in [-0.1, -0.05) is 18.2 Å². The number of rotatable bonds is 3. The van der Waals surface area contributed by atoms with Gasteiger partial charge < -0.3 is 10.5 Å². The largest absolute Gasteiger partial charge is 0.496 e. The molecule has 0 aliphatic rings. The van der Waals surface area contributed by atoms with E-state index in [1.807, 2.05) is 24.3 Å². The minimum atomic E-state index is -0.273. The van der Waals surface area contributed by atoms with Crippen LogP contribution >= 0.6 is 0 Å². The molecular weight excluding hydrogens is 270 g/mol. The molecule has 106 valence electrons. The molecule has 0 unspecified atom stereocenters. The maximum absolute atomic E-state index is 11.1. The summed E-state index contributed by atoms with van der Waals surface area (Å²) in [6, 6.07) is 10.5. The molecule has 1 aromatic carbocycles. The molecule has 3 rings (SSSR count). The van der Waals surface area contributed by atoms with Crippen LogP contribution in [0.5, 0.6) is 5.75 Å². The Balaban J connectivity index is 2.22. The molecule has 0 aliphatic carbocycles. The molecule has 0 amide bonds. The normalized spacial score (nSPS) is 10.5. The van der Waals surface area contributed by atoms with E-state index >= 15 is 0 Å². The molecule has 0 fully saturated rings. The van der Waals surface area contributed by atoms with Gasteiger partial charge in [0.25, 0.3) is 5.56 Å². The van der Waals surface area contributed by atoms with Crippen LogP contribution in [-0.2, 0) is 0 Å². The van der Waals surface area contributed by atoms with Gasteiger partial charge in [-0.2, -0.15) is 10.2 Å². The molecule has 21 heavy (non-hydrogen) atoms. The first kappa shape index (κ1) is 12.9. The smallest absolute Gasteiger partial charge is 0.264 e. The number of H-pyrrole nitrogens is 2. The second-order valence-corrected chi connectivity index (χ2v) is 4.37. The molecule has 0 radical (unpaired) electrons. The number of hydrogen-bond donors (Lipinski definition) is 3. The number of benzene rings is 1. The van der Waals surface area contributed by atoms with Gasteiger partial charge in [-0.05, 0) is 12.1 Å². The molecule has 7 heteroatoms. The number of methoxy groups -OCH3 is 1. The minimum absolute atomic E-state index is 0.273. The van der Waals surface area contributed by atoms with Gasteiger partial charge in [-0.3, -0.25) is 9.89 Å². The Hall–Kier alpha value is -3.09. The highest BCUT2D eigenvalue weighted by molar-refractivity contribution is 5.89. The summed E-state index contributed by atoms with van der Waals surface area (Å²) < 4.78 is 5.36. The van der Waals surface area contributed by atoms with Crippen molar-refractivity contribution < 1.29 is 4.74 Å². The maximum atomic E-state index is 11.1. The van der Waals surface area contributed by atoms with Crippen molar-refractivity contribution in [3.05, 3.63) is 46.8 Å². The van der Waals surface area contributed by atoms with E-state index in [1.165, 1.54) is 6.07 Å². The fourth-order valence-electron chi connectivity index (χ4n) is 2.15. The van der Waals surface area contributed by atoms with Crippen molar-refractivity contribution in [1.29, 1.82) is 0 Å². The van der Waals surface area contributed by atoms with E-state index in [1.54, 1.807) is 13.2 Å². The van der Waals surface area contributed by atoms with Crippen LogP contribution < -0.4 is 16.0 Å². The van der Waals surface area contributed by atoms with Crippen molar-refractivity contribution in [2.75, 3.05) is 12.8 Å². The summed E-state index contributed by atoms with van der Waals surface area (Å²) in [5.41, 5.74) is 8.34. The Morgan fingerprint density at radius 1 is 1.10 bits per heavy atom. The lowest BCUT2D eigenvalue weighted by molar-refractivity contribution is 0.416. The second-order valence-electron chi connectivity index (χ2n) is 4.37. The van der Waals surface area contributed by atoms with Crippen LogP contribution in [0, 0.1) is 0 Å². The minimum Gasteiger partial charge on any atom is -0.496 e. The van der Waals surface area contributed by atoms with Gasteiger partial charge in [0.2, 0.25) is 0 Å². The molecule has 0 aliphatic heterocycles. The van der Waals surface area contributed by atoms with Crippen molar-refractivity contribution in [3.63, 3.8) is 0 Å². The lowest BCUT2D eigenvalue weighted by Crippen LogP contribution is -2.06. The third-order valence-corrected chi connectivity index (χ3v) is 3.11. The van der Waals surface area contributed by atoms with E-state index in [0.29, 0.717) is 28.5 Å². The average molecular weight is 283 g/mol. The van der Waals surface area contributed by atoms with Crippen LogP contribution in [0.4, 0.5) is 5.82 Å². The Bertz CT molecular complexity index is 817. The highest BCUT2D eigenvalue weighted by Gasteiger charge is 2.18. The van der Waals surface area contributed by atoms with Crippen LogP contribution in [0.1, 0.15) is 0 Å². The Kier molecular flexibility index (Phi) is 3.15. The average Bonchev–Trinajstić information content (AvgIpc) is 2.89. The highest BCUT2D eigenvalue weighted by Crippen LogP contribution is 2.38. The van der Waals surface area contributed by atoms with Gasteiger partial charge >= 0.3 is 0 Å². The number of aromatic amines is 2. The predicted molar refractivity (Wildman–Crippen MR) is 78.8 cm³/mol. The number of anilines is 1. The van der Waals surface area contributed by atoms with E-state index in [9.17, 15) is 4.79 Å². The number of aromatic nitrogens is 4. The van der Waals surface area contributed by atoms with E-state index in [2.05, 4.69) is 20.4 Å². The summed E-state index contributed by atoms with van der Waals surface area (Å²) in [7, 11) is 1.59. The first-order valence-corrected chi connectivity index (χ1v) is 6.24. The van der Waals surface area contributed by atoms with Gasteiger partial charge in [0, 0.05) is 11.6 Å². The molecule has 4 N–H and O–H groups in total. The fraction of sp³-hybridized carbons (Fsp3) is 0.0714. The number of nitrogens with two attached hydrogens (primary N) is 1. The third kappa shape index (κ3) is 2.25. The number of nitrogens with one attached hydrogen (secondary N) is 2. The zero-order valence-corrected chi connectivity index (χ0v) is 11.3. The summed E-state index contributed by atoms with van der Waals surface area (Å²) in [4.78, 5) is 11.1. The van der Waals surface area contributed by atoms with Gasteiger partial charge in [-0.15, -0.1) is 0 Å². The van der Waals surface area contributed by atoms with Crippen molar-refractivity contribution in [3.8, 4) is 28.3 Å². The topological polar surface area (TPSA) is 110 Å². The number of para-hydroxylation sites is 1. The summed E-state index contributed by atoms with van der Waals surface area (Å²) in [6.07, 6.45) is 0. The van der Waals surface area contributed by atoms with Gasteiger partial charge in [-0.25, -0.2) is 5.10 Å². The van der Waals surface area contributed by atoms with Crippen LogP contribution in [0.3, 0.4) is 0 Å². The number of nitrogens with zero attached hydrogens (tertiary/aromatic N) is 2. The molecule has 0 saturated carbocycles. The molecule has 7 nitrogen and oxygen atoms in total. The SMILES string of the molecule is COc1ccccc1-c1c(N)n[nH]c1-c1ccc(=O)[nH]n1. The zero-order chi connectivity index (χ0) is 14.8. The molecular formula is C14H13N5O2. The lowest BCUT2D eigenvalue weighted by Gasteiger charge is -2.09. The third-order valence-electron chi connectivity index (χ3n) is 3.11. The van der Waals surface area contributed by atoms with Crippen LogP contribution in [0.25, 0.3) is 22.5 Å². The molecule has 3 aromatic rings. The van der Waals surface area contributed by atoms with E-state index in [4.69, 9.17) is 10.5 Å². The summed E-state index contributed by atoms with van der Waals surface area (Å²) in [6.45, 7) is 0. The molecule has 0 atom stereocenters.